The summed E-state index contributed by atoms with van der Waals surface area (Å²) in [5, 5.41) is 0.310. The van der Waals surface area contributed by atoms with Crippen LogP contribution in [0, 0.1) is 13.8 Å². The molecule has 0 saturated heterocycles. The normalized spacial score (nSPS) is 10.7. The summed E-state index contributed by atoms with van der Waals surface area (Å²) >= 11 is 6.25. The Balaban J connectivity index is 1.98. The molecule has 0 bridgehead atoms. The molecule has 0 radical (unpaired) electrons. The molecule has 0 aliphatic rings. The van der Waals surface area contributed by atoms with Gasteiger partial charge in [-0.3, -0.25) is 14.6 Å². The monoisotopic (exact) mass is 453 g/mol. The van der Waals surface area contributed by atoms with Crippen molar-refractivity contribution in [3.05, 3.63) is 87.5 Å². The Labute approximate surface area is 191 Å². The van der Waals surface area contributed by atoms with Gasteiger partial charge in [0.1, 0.15) is 5.69 Å². The van der Waals surface area contributed by atoms with Crippen LogP contribution in [0.4, 0.5) is 0 Å². The van der Waals surface area contributed by atoms with E-state index in [4.69, 9.17) is 16.3 Å². The predicted octanol–water partition coefficient (Wildman–Crippen LogP) is 4.00. The number of methoxy groups -OCH3 is 1. The van der Waals surface area contributed by atoms with Gasteiger partial charge in [-0.1, -0.05) is 23.7 Å². The smallest absolute Gasteiger partial charge is 0.354 e. The van der Waals surface area contributed by atoms with Gasteiger partial charge in [-0.15, -0.1) is 0 Å². The number of rotatable bonds is 7. The number of ketones is 1. The molecule has 0 fully saturated rings. The second-order valence-electron chi connectivity index (χ2n) is 7.40. The number of hydrogen-bond donors (Lipinski definition) is 0. The maximum absolute atomic E-state index is 13.4. The van der Waals surface area contributed by atoms with Gasteiger partial charge in [0.2, 0.25) is 0 Å². The lowest BCUT2D eigenvalue weighted by Gasteiger charge is -2.23. The summed E-state index contributed by atoms with van der Waals surface area (Å²) in [7, 11) is 3.00. The van der Waals surface area contributed by atoms with Crippen molar-refractivity contribution in [3.8, 4) is 0 Å². The van der Waals surface area contributed by atoms with Gasteiger partial charge in [-0.25, -0.2) is 4.79 Å². The first kappa shape index (κ1) is 23.2. The highest BCUT2D eigenvalue weighted by molar-refractivity contribution is 6.33. The molecule has 8 heteroatoms. The summed E-state index contributed by atoms with van der Waals surface area (Å²) in [4.78, 5) is 44.4. The van der Waals surface area contributed by atoms with E-state index in [2.05, 4.69) is 4.98 Å². The van der Waals surface area contributed by atoms with Crippen molar-refractivity contribution >= 4 is 29.3 Å². The van der Waals surface area contributed by atoms with Gasteiger partial charge >= 0.3 is 5.97 Å². The summed E-state index contributed by atoms with van der Waals surface area (Å²) in [6.07, 6.45) is 3.26. The molecule has 166 valence electrons. The van der Waals surface area contributed by atoms with Crippen LogP contribution in [0.3, 0.4) is 0 Å². The quantitative estimate of drug-likeness (QED) is 0.399. The molecule has 0 atom stereocenters. The number of pyridine rings is 1. The molecule has 1 amide bonds. The minimum Gasteiger partial charge on any atom is -0.464 e. The average Bonchev–Trinajstić information content (AvgIpc) is 3.01. The van der Waals surface area contributed by atoms with E-state index >= 15 is 0 Å². The molecule has 0 spiro atoms. The Morgan fingerprint density at radius 1 is 1.09 bits per heavy atom. The summed E-state index contributed by atoms with van der Waals surface area (Å²) in [5.41, 5.74) is 3.00. The lowest BCUT2D eigenvalue weighted by molar-refractivity contribution is 0.0588. The largest absolute Gasteiger partial charge is 0.464 e. The number of benzene rings is 1. The third-order valence-electron chi connectivity index (χ3n) is 5.44. The standard InChI is InChI=1S/C24H24ClN3O4/c1-15-21(16(2)27(3)22(15)24(31)32-4)20(29)14-28(13-17-9-11-26-12-10-17)23(30)18-7-5-6-8-19(18)25/h5-12H,13-14H2,1-4H3. The number of carbonyl (C=O) groups is 3. The van der Waals surface area contributed by atoms with E-state index in [-0.39, 0.29) is 24.8 Å². The molecule has 32 heavy (non-hydrogen) atoms. The Kier molecular flexibility index (Phi) is 7.10. The summed E-state index contributed by atoms with van der Waals surface area (Å²) in [5.74, 6) is -1.16. The highest BCUT2D eigenvalue weighted by Crippen LogP contribution is 2.24. The SMILES string of the molecule is COC(=O)c1c(C)c(C(=O)CN(Cc2ccncc2)C(=O)c2ccccc2Cl)c(C)n1C. The molecular weight excluding hydrogens is 430 g/mol. The van der Waals surface area contributed by atoms with E-state index in [1.54, 1.807) is 74.3 Å². The summed E-state index contributed by atoms with van der Waals surface area (Å²) < 4.78 is 6.50. The Hall–Kier alpha value is -3.45. The van der Waals surface area contributed by atoms with Crippen LogP contribution in [0.15, 0.2) is 48.8 Å². The molecule has 3 rings (SSSR count). The van der Waals surface area contributed by atoms with E-state index in [1.165, 1.54) is 12.0 Å². The molecule has 0 saturated carbocycles. The lowest BCUT2D eigenvalue weighted by atomic mass is 10.0. The van der Waals surface area contributed by atoms with Crippen LogP contribution >= 0.6 is 11.6 Å². The maximum Gasteiger partial charge on any atom is 0.354 e. The zero-order chi connectivity index (χ0) is 23.4. The van der Waals surface area contributed by atoms with Crippen LogP contribution < -0.4 is 0 Å². The number of halogens is 1. The van der Waals surface area contributed by atoms with E-state index < -0.39 is 5.97 Å². The molecule has 0 aliphatic heterocycles. The van der Waals surface area contributed by atoms with Crippen LogP contribution in [0.5, 0.6) is 0 Å². The van der Waals surface area contributed by atoms with Crippen molar-refractivity contribution in [2.45, 2.75) is 20.4 Å². The first-order valence-electron chi connectivity index (χ1n) is 9.96. The van der Waals surface area contributed by atoms with Gasteiger partial charge in [-0.05, 0) is 49.2 Å². The lowest BCUT2D eigenvalue weighted by Crippen LogP contribution is -2.35. The van der Waals surface area contributed by atoms with Gasteiger partial charge in [0.25, 0.3) is 5.91 Å². The van der Waals surface area contributed by atoms with Crippen LogP contribution in [0.25, 0.3) is 0 Å². The topological polar surface area (TPSA) is 81.5 Å². The summed E-state index contributed by atoms with van der Waals surface area (Å²) in [6, 6.07) is 10.3. The predicted molar refractivity (Wildman–Crippen MR) is 121 cm³/mol. The summed E-state index contributed by atoms with van der Waals surface area (Å²) in [6.45, 7) is 3.48. The molecule has 7 nitrogen and oxygen atoms in total. The molecule has 1 aromatic carbocycles. The number of hydrogen-bond acceptors (Lipinski definition) is 5. The highest BCUT2D eigenvalue weighted by Gasteiger charge is 2.28. The van der Waals surface area contributed by atoms with Crippen molar-refractivity contribution < 1.29 is 19.1 Å². The van der Waals surface area contributed by atoms with Crippen LogP contribution in [-0.4, -0.2) is 45.8 Å². The van der Waals surface area contributed by atoms with Crippen LogP contribution in [0.2, 0.25) is 5.02 Å². The zero-order valence-electron chi connectivity index (χ0n) is 18.4. The maximum atomic E-state index is 13.4. The second kappa shape index (κ2) is 9.78. The molecule has 0 N–H and O–H groups in total. The number of aromatic nitrogens is 2. The molecule has 3 aromatic rings. The molecule has 2 heterocycles. The van der Waals surface area contributed by atoms with E-state index in [0.717, 1.165) is 5.56 Å². The van der Waals surface area contributed by atoms with E-state index in [0.29, 0.717) is 33.1 Å². The minimum atomic E-state index is -0.520. The fraction of sp³-hybridized carbons (Fsp3) is 0.250. The number of ether oxygens (including phenoxy) is 1. The molecule has 0 aliphatic carbocycles. The molecular formula is C24H24ClN3O4. The molecule has 2 aromatic heterocycles. The van der Waals surface area contributed by atoms with Gasteiger partial charge in [0.05, 0.1) is 24.2 Å². The van der Waals surface area contributed by atoms with Gasteiger partial charge < -0.3 is 14.2 Å². The second-order valence-corrected chi connectivity index (χ2v) is 7.81. The number of nitrogens with zero attached hydrogens (tertiary/aromatic N) is 3. The van der Waals surface area contributed by atoms with Crippen LogP contribution in [0.1, 0.15) is 48.0 Å². The van der Waals surface area contributed by atoms with Crippen molar-refractivity contribution in [3.63, 3.8) is 0 Å². The zero-order valence-corrected chi connectivity index (χ0v) is 19.1. The fourth-order valence-corrected chi connectivity index (χ4v) is 3.96. The molecule has 0 unspecified atom stereocenters. The van der Waals surface area contributed by atoms with Crippen LogP contribution in [-0.2, 0) is 18.3 Å². The third-order valence-corrected chi connectivity index (χ3v) is 5.77. The van der Waals surface area contributed by atoms with Crippen molar-refractivity contribution in [2.24, 2.45) is 7.05 Å². The number of amides is 1. The highest BCUT2D eigenvalue weighted by atomic mass is 35.5. The van der Waals surface area contributed by atoms with Gasteiger partial charge in [0, 0.05) is 37.2 Å². The Bertz CT molecular complexity index is 1170. The van der Waals surface area contributed by atoms with E-state index in [1.807, 2.05) is 0 Å². The third kappa shape index (κ3) is 4.57. The fourth-order valence-electron chi connectivity index (χ4n) is 3.74. The average molecular weight is 454 g/mol. The van der Waals surface area contributed by atoms with Crippen molar-refractivity contribution in [2.75, 3.05) is 13.7 Å². The first-order valence-corrected chi connectivity index (χ1v) is 10.3. The first-order chi connectivity index (χ1) is 15.3. The van der Waals surface area contributed by atoms with Gasteiger partial charge in [0.15, 0.2) is 5.78 Å². The van der Waals surface area contributed by atoms with E-state index in [9.17, 15) is 14.4 Å². The van der Waals surface area contributed by atoms with Crippen molar-refractivity contribution in [1.29, 1.82) is 0 Å². The van der Waals surface area contributed by atoms with Gasteiger partial charge in [-0.2, -0.15) is 0 Å². The number of esters is 1. The van der Waals surface area contributed by atoms with Crippen molar-refractivity contribution in [1.82, 2.24) is 14.5 Å². The minimum absolute atomic E-state index is 0.182. The number of Topliss-reactive ketones (excluding diaryl/α,β-unsaturated/α-hetero) is 1. The number of carbonyl (C=O) groups excluding carboxylic acids is 3. The Morgan fingerprint density at radius 2 is 1.75 bits per heavy atom. The Morgan fingerprint density at radius 3 is 2.38 bits per heavy atom.